The fraction of sp³-hybridized carbons (Fsp3) is 1.00. The average Bonchev–Trinajstić information content (AvgIpc) is 2.58. The van der Waals surface area contributed by atoms with Crippen molar-refractivity contribution in [3.05, 3.63) is 0 Å². The van der Waals surface area contributed by atoms with Crippen LogP contribution in [-0.4, -0.2) is 17.5 Å². The molecule has 0 amide bonds. The van der Waals surface area contributed by atoms with E-state index >= 15 is 0 Å². The number of unbranched alkanes of at least 4 members (excludes halogenated alkanes) is 9. The molecule has 0 aliphatic rings. The Balaban J connectivity index is 3.90. The van der Waals surface area contributed by atoms with Crippen LogP contribution in [0.1, 0.15) is 124 Å². The van der Waals surface area contributed by atoms with Gasteiger partial charge in [0.05, 0.1) is 0 Å². The first-order valence-corrected chi connectivity index (χ1v) is 13.2. The summed E-state index contributed by atoms with van der Waals surface area (Å²) >= 11 is 0. The van der Waals surface area contributed by atoms with Gasteiger partial charge in [-0.05, 0) is 49.6 Å². The van der Waals surface area contributed by atoms with Crippen LogP contribution in [0.15, 0.2) is 0 Å². The van der Waals surface area contributed by atoms with Crippen LogP contribution in [0.5, 0.6) is 0 Å². The minimum absolute atomic E-state index is 0.564. The van der Waals surface area contributed by atoms with Gasteiger partial charge in [-0.25, -0.2) is 0 Å². The van der Waals surface area contributed by atoms with Crippen molar-refractivity contribution in [1.82, 2.24) is 0 Å². The second-order valence-corrected chi connectivity index (χ2v) is 10.6. The van der Waals surface area contributed by atoms with Crippen LogP contribution in [0.25, 0.3) is 0 Å². The zero-order chi connectivity index (χ0) is 17.9. The topological polar surface area (TPSA) is 0 Å². The fourth-order valence-corrected chi connectivity index (χ4v) is 5.34. The summed E-state index contributed by atoms with van der Waals surface area (Å²) in [7, 11) is 4.54. The lowest BCUT2D eigenvalue weighted by Gasteiger charge is -2.30. The highest BCUT2D eigenvalue weighted by Gasteiger charge is 2.22. The summed E-state index contributed by atoms with van der Waals surface area (Å²) < 4.78 is 0. The Morgan fingerprint density at radius 1 is 0.542 bits per heavy atom. The van der Waals surface area contributed by atoms with Crippen LogP contribution in [0.3, 0.4) is 0 Å². The monoisotopic (exact) mass is 374 g/mol. The van der Waals surface area contributed by atoms with E-state index < -0.39 is 0 Å². The summed E-state index contributed by atoms with van der Waals surface area (Å²) in [5.41, 5.74) is 0. The molecule has 0 heterocycles. The van der Waals surface area contributed by atoms with Crippen molar-refractivity contribution in [2.75, 3.05) is 12.3 Å². The van der Waals surface area contributed by atoms with Gasteiger partial charge in [0.15, 0.2) is 0 Å². The molecule has 0 radical (unpaired) electrons. The number of hydrogen-bond acceptors (Lipinski definition) is 0. The Hall–Kier alpha value is 0.860. The second kappa shape index (κ2) is 18.6. The Labute approximate surface area is 159 Å². The van der Waals surface area contributed by atoms with Gasteiger partial charge in [0.1, 0.15) is 0 Å². The van der Waals surface area contributed by atoms with Gasteiger partial charge in [-0.3, -0.25) is 0 Å². The van der Waals surface area contributed by atoms with E-state index in [2.05, 4.69) is 30.0 Å². The van der Waals surface area contributed by atoms with Gasteiger partial charge in [0, 0.05) is 0 Å². The molecular formula is C22H48P2. The van der Waals surface area contributed by atoms with Crippen molar-refractivity contribution in [2.24, 2.45) is 0 Å². The molecular weight excluding hydrogens is 326 g/mol. The molecule has 0 bridgehead atoms. The second-order valence-electron chi connectivity index (χ2n) is 7.90. The minimum atomic E-state index is 0.564. The molecule has 0 aliphatic heterocycles. The Bertz CT molecular complexity index is 228. The highest BCUT2D eigenvalue weighted by molar-refractivity contribution is 7.37. The summed E-state index contributed by atoms with van der Waals surface area (Å²) in [5, 5.41) is 0.564. The first kappa shape index (κ1) is 24.9. The summed E-state index contributed by atoms with van der Waals surface area (Å²) in [4.78, 5) is 0. The number of hydrogen-bond donors (Lipinski definition) is 0. The van der Waals surface area contributed by atoms with Crippen molar-refractivity contribution in [1.29, 1.82) is 0 Å². The molecule has 0 aromatic heterocycles. The van der Waals surface area contributed by atoms with Gasteiger partial charge in [0.2, 0.25) is 0 Å². The van der Waals surface area contributed by atoms with E-state index in [0.717, 1.165) is 0 Å². The van der Waals surface area contributed by atoms with E-state index in [1.807, 2.05) is 0 Å². The van der Waals surface area contributed by atoms with E-state index in [9.17, 15) is 0 Å². The van der Waals surface area contributed by atoms with Crippen molar-refractivity contribution >= 4 is 17.8 Å². The minimum Gasteiger partial charge on any atom is -0.131 e. The Morgan fingerprint density at radius 2 is 0.958 bits per heavy atom. The quantitative estimate of drug-likeness (QED) is 0.157. The van der Waals surface area contributed by atoms with Gasteiger partial charge in [-0.1, -0.05) is 91.4 Å². The highest BCUT2D eigenvalue weighted by Crippen LogP contribution is 2.37. The first-order chi connectivity index (χ1) is 11.7. The normalized spacial score (nSPS) is 12.5. The lowest BCUT2D eigenvalue weighted by atomic mass is 9.89. The molecule has 24 heavy (non-hydrogen) atoms. The van der Waals surface area contributed by atoms with Gasteiger partial charge >= 0.3 is 0 Å². The van der Waals surface area contributed by atoms with Gasteiger partial charge in [0.25, 0.3) is 0 Å². The molecule has 0 fully saturated rings. The van der Waals surface area contributed by atoms with Gasteiger partial charge in [-0.15, -0.1) is 17.8 Å². The first-order valence-electron chi connectivity index (χ1n) is 11.2. The molecule has 0 rings (SSSR count). The molecule has 0 N–H and O–H groups in total. The Kier molecular flexibility index (Phi) is 19.3. The standard InChI is InChI=1S/C22H48P2/c1-4-7-10-13-17-22(23,18-14-11-8-5-2)19-16-21-24-20-15-12-9-6-3/h24H,4-21,23H2,1-3H3. The molecule has 0 nitrogen and oxygen atoms in total. The van der Waals surface area contributed by atoms with Crippen LogP contribution in [0.4, 0.5) is 0 Å². The molecule has 2 unspecified atom stereocenters. The third-order valence-corrected chi connectivity index (χ3v) is 7.57. The zero-order valence-corrected chi connectivity index (χ0v) is 19.5. The molecule has 0 aromatic rings. The SMILES string of the molecule is CCCCCCPCCCC(P)(CCCCCC)CCCCCC. The molecule has 0 aliphatic carbocycles. The van der Waals surface area contributed by atoms with Crippen molar-refractivity contribution in [3.8, 4) is 0 Å². The summed E-state index contributed by atoms with van der Waals surface area (Å²) in [5.74, 6) is 0. The third-order valence-electron chi connectivity index (χ3n) is 5.29. The lowest BCUT2D eigenvalue weighted by molar-refractivity contribution is 0.420. The maximum Gasteiger partial charge on any atom is -0.0150 e. The predicted molar refractivity (Wildman–Crippen MR) is 121 cm³/mol. The molecule has 2 heteroatoms. The number of rotatable bonds is 19. The highest BCUT2D eigenvalue weighted by atomic mass is 31.1. The van der Waals surface area contributed by atoms with E-state index in [4.69, 9.17) is 0 Å². The van der Waals surface area contributed by atoms with Crippen LogP contribution in [-0.2, 0) is 0 Å². The molecule has 146 valence electrons. The van der Waals surface area contributed by atoms with Crippen molar-refractivity contribution in [3.63, 3.8) is 0 Å². The predicted octanol–water partition coefficient (Wildman–Crippen LogP) is 8.58. The summed E-state index contributed by atoms with van der Waals surface area (Å²) in [6, 6.07) is 0. The maximum atomic E-state index is 3.31. The van der Waals surface area contributed by atoms with E-state index in [1.54, 1.807) is 0 Å². The molecule has 0 saturated carbocycles. The fourth-order valence-electron chi connectivity index (χ4n) is 3.55. The van der Waals surface area contributed by atoms with Gasteiger partial charge < -0.3 is 0 Å². The molecule has 0 aromatic carbocycles. The van der Waals surface area contributed by atoms with E-state index in [-0.39, 0.29) is 0 Å². The zero-order valence-electron chi connectivity index (χ0n) is 17.3. The van der Waals surface area contributed by atoms with Gasteiger partial charge in [-0.2, -0.15) is 0 Å². The lowest BCUT2D eigenvalue weighted by Crippen LogP contribution is -2.21. The maximum absolute atomic E-state index is 3.31. The smallest absolute Gasteiger partial charge is 0.0150 e. The Morgan fingerprint density at radius 3 is 1.46 bits per heavy atom. The van der Waals surface area contributed by atoms with Crippen LogP contribution in [0.2, 0.25) is 0 Å². The van der Waals surface area contributed by atoms with E-state index in [1.165, 1.54) is 124 Å². The molecule has 2 atom stereocenters. The third kappa shape index (κ3) is 16.3. The van der Waals surface area contributed by atoms with Crippen LogP contribution >= 0.6 is 17.8 Å². The van der Waals surface area contributed by atoms with Crippen molar-refractivity contribution in [2.45, 2.75) is 129 Å². The average molecular weight is 375 g/mol. The molecule has 0 spiro atoms. The summed E-state index contributed by atoms with van der Waals surface area (Å²) in [6.45, 7) is 6.95. The van der Waals surface area contributed by atoms with E-state index in [0.29, 0.717) is 5.16 Å². The van der Waals surface area contributed by atoms with Crippen molar-refractivity contribution < 1.29 is 0 Å². The summed E-state index contributed by atoms with van der Waals surface area (Å²) in [6.07, 6.45) is 25.9. The largest absolute Gasteiger partial charge is 0.131 e. The van der Waals surface area contributed by atoms with Crippen LogP contribution in [0, 0.1) is 0 Å². The molecule has 0 saturated heterocycles. The van der Waals surface area contributed by atoms with Crippen LogP contribution < -0.4 is 0 Å².